The van der Waals surface area contributed by atoms with Crippen molar-refractivity contribution in [2.24, 2.45) is 5.84 Å². The maximum atomic E-state index is 11.6. The molecule has 0 aromatic carbocycles. The highest BCUT2D eigenvalue weighted by atomic mass is 16.5. The van der Waals surface area contributed by atoms with Crippen LogP contribution in [0.1, 0.15) is 33.1 Å². The van der Waals surface area contributed by atoms with Gasteiger partial charge in [-0.25, -0.2) is 5.84 Å². The van der Waals surface area contributed by atoms with Gasteiger partial charge in [-0.05, 0) is 32.7 Å². The fraction of sp³-hybridized carbons (Fsp3) is 0.909. The van der Waals surface area contributed by atoms with Gasteiger partial charge in [0, 0.05) is 13.2 Å². The summed E-state index contributed by atoms with van der Waals surface area (Å²) in [7, 11) is 0. The zero-order valence-corrected chi connectivity index (χ0v) is 10.2. The van der Waals surface area contributed by atoms with Crippen LogP contribution >= 0.6 is 0 Å². The van der Waals surface area contributed by atoms with Gasteiger partial charge in [-0.15, -0.1) is 0 Å². The number of amides is 1. The number of hydrogen-bond donors (Lipinski definition) is 2. The smallest absolute Gasteiger partial charge is 0.251 e. The summed E-state index contributed by atoms with van der Waals surface area (Å²) in [5.74, 6) is 5.09. The van der Waals surface area contributed by atoms with Crippen LogP contribution < -0.4 is 11.3 Å². The van der Waals surface area contributed by atoms with Crippen LogP contribution in [0.15, 0.2) is 0 Å². The Kier molecular flexibility index (Phi) is 5.73. The molecule has 1 amide bonds. The van der Waals surface area contributed by atoms with E-state index in [1.54, 1.807) is 0 Å². The van der Waals surface area contributed by atoms with Crippen molar-refractivity contribution in [3.05, 3.63) is 0 Å². The molecule has 1 rings (SSSR count). The van der Waals surface area contributed by atoms with Gasteiger partial charge in [0.15, 0.2) is 0 Å². The largest absolute Gasteiger partial charge is 0.377 e. The van der Waals surface area contributed by atoms with E-state index in [0.29, 0.717) is 0 Å². The molecule has 1 saturated heterocycles. The molecular formula is C11H23N3O2. The van der Waals surface area contributed by atoms with Crippen molar-refractivity contribution < 1.29 is 9.53 Å². The maximum Gasteiger partial charge on any atom is 0.251 e. The molecule has 5 nitrogen and oxygen atoms in total. The normalized spacial score (nSPS) is 24.1. The summed E-state index contributed by atoms with van der Waals surface area (Å²) >= 11 is 0. The second kappa shape index (κ2) is 6.83. The Hall–Kier alpha value is -0.650. The van der Waals surface area contributed by atoms with E-state index in [2.05, 4.69) is 10.3 Å². The summed E-state index contributed by atoms with van der Waals surface area (Å²) in [6.07, 6.45) is 3.21. The molecule has 16 heavy (non-hydrogen) atoms. The second-order valence-corrected chi connectivity index (χ2v) is 4.15. The third-order valence-electron chi connectivity index (χ3n) is 3.08. The van der Waals surface area contributed by atoms with Crippen LogP contribution in [0, 0.1) is 0 Å². The van der Waals surface area contributed by atoms with Gasteiger partial charge in [-0.1, -0.05) is 6.92 Å². The van der Waals surface area contributed by atoms with Crippen LogP contribution in [-0.4, -0.2) is 42.6 Å². The first kappa shape index (κ1) is 13.4. The molecule has 0 saturated carbocycles. The minimum atomic E-state index is -0.117. The van der Waals surface area contributed by atoms with Gasteiger partial charge in [0.1, 0.15) is 0 Å². The molecule has 1 aliphatic heterocycles. The molecular weight excluding hydrogens is 206 g/mol. The summed E-state index contributed by atoms with van der Waals surface area (Å²) in [5.41, 5.74) is 2.24. The number of hydrogen-bond acceptors (Lipinski definition) is 4. The van der Waals surface area contributed by atoms with Crippen LogP contribution in [0.5, 0.6) is 0 Å². The first-order valence-corrected chi connectivity index (χ1v) is 6.09. The standard InChI is InChI=1S/C11H23N3O2/c1-3-10(11(15)13-12)14-7-5-6-9(8-14)16-4-2/h9-10H,3-8,12H2,1-2H3,(H,13,15). The lowest BCUT2D eigenvalue weighted by Gasteiger charge is -2.36. The van der Waals surface area contributed by atoms with Gasteiger partial charge in [-0.2, -0.15) is 0 Å². The van der Waals surface area contributed by atoms with Crippen molar-refractivity contribution in [2.45, 2.75) is 45.3 Å². The van der Waals surface area contributed by atoms with Crippen LogP contribution in [0.25, 0.3) is 0 Å². The SMILES string of the molecule is CCOC1CCCN(C(CC)C(=O)NN)C1. The van der Waals surface area contributed by atoms with Crippen LogP contribution in [0.2, 0.25) is 0 Å². The van der Waals surface area contributed by atoms with E-state index >= 15 is 0 Å². The number of nitrogens with zero attached hydrogens (tertiary/aromatic N) is 1. The van der Waals surface area contributed by atoms with Crippen molar-refractivity contribution in [3.63, 3.8) is 0 Å². The third-order valence-corrected chi connectivity index (χ3v) is 3.08. The van der Waals surface area contributed by atoms with Gasteiger partial charge in [0.05, 0.1) is 12.1 Å². The van der Waals surface area contributed by atoms with Gasteiger partial charge in [-0.3, -0.25) is 15.1 Å². The highest BCUT2D eigenvalue weighted by Crippen LogP contribution is 2.17. The summed E-state index contributed by atoms with van der Waals surface area (Å²) < 4.78 is 5.62. The predicted molar refractivity (Wildman–Crippen MR) is 62.6 cm³/mol. The highest BCUT2D eigenvalue weighted by molar-refractivity contribution is 5.81. The number of likely N-dealkylation sites (tertiary alicyclic amines) is 1. The molecule has 0 radical (unpaired) electrons. The van der Waals surface area contributed by atoms with Crippen molar-refractivity contribution in [2.75, 3.05) is 19.7 Å². The monoisotopic (exact) mass is 229 g/mol. The van der Waals surface area contributed by atoms with Gasteiger partial charge in [0.25, 0.3) is 5.91 Å². The van der Waals surface area contributed by atoms with Crippen LogP contribution in [0.3, 0.4) is 0 Å². The topological polar surface area (TPSA) is 67.6 Å². The molecule has 0 bridgehead atoms. The summed E-state index contributed by atoms with van der Waals surface area (Å²) in [5, 5.41) is 0. The lowest BCUT2D eigenvalue weighted by molar-refractivity contribution is -0.128. The average Bonchev–Trinajstić information content (AvgIpc) is 2.31. The summed E-state index contributed by atoms with van der Waals surface area (Å²) in [4.78, 5) is 13.8. The summed E-state index contributed by atoms with van der Waals surface area (Å²) in [6, 6.07) is -0.117. The van der Waals surface area contributed by atoms with E-state index in [1.165, 1.54) is 0 Å². The summed E-state index contributed by atoms with van der Waals surface area (Å²) in [6.45, 7) is 6.53. The van der Waals surface area contributed by atoms with E-state index in [1.807, 2.05) is 13.8 Å². The Morgan fingerprint density at radius 1 is 1.62 bits per heavy atom. The Bertz CT molecular complexity index is 221. The fourth-order valence-electron chi connectivity index (χ4n) is 2.33. The number of hydrazine groups is 1. The predicted octanol–water partition coefficient (Wildman–Crippen LogP) is 0.256. The number of piperidine rings is 1. The quantitative estimate of drug-likeness (QED) is 0.403. The number of ether oxygens (including phenoxy) is 1. The zero-order valence-electron chi connectivity index (χ0n) is 10.2. The highest BCUT2D eigenvalue weighted by Gasteiger charge is 2.28. The van der Waals surface area contributed by atoms with E-state index < -0.39 is 0 Å². The number of nitrogens with two attached hydrogens (primary N) is 1. The van der Waals surface area contributed by atoms with Gasteiger partial charge < -0.3 is 4.74 Å². The minimum Gasteiger partial charge on any atom is -0.377 e. The zero-order chi connectivity index (χ0) is 12.0. The molecule has 3 N–H and O–H groups in total. The van der Waals surface area contributed by atoms with E-state index in [0.717, 1.165) is 39.0 Å². The molecule has 0 aromatic heterocycles. The van der Waals surface area contributed by atoms with E-state index in [-0.39, 0.29) is 18.1 Å². The Morgan fingerprint density at radius 2 is 2.38 bits per heavy atom. The fourth-order valence-corrected chi connectivity index (χ4v) is 2.33. The maximum absolute atomic E-state index is 11.6. The molecule has 1 fully saturated rings. The van der Waals surface area contributed by atoms with Crippen molar-refractivity contribution in [1.29, 1.82) is 0 Å². The van der Waals surface area contributed by atoms with E-state index in [4.69, 9.17) is 10.6 Å². The average molecular weight is 229 g/mol. The Labute approximate surface area is 97.3 Å². The van der Waals surface area contributed by atoms with Crippen molar-refractivity contribution in [3.8, 4) is 0 Å². The molecule has 1 heterocycles. The number of carbonyl (C=O) groups excluding carboxylic acids is 1. The minimum absolute atomic E-state index is 0.0975. The molecule has 0 aromatic rings. The second-order valence-electron chi connectivity index (χ2n) is 4.15. The molecule has 94 valence electrons. The molecule has 1 aliphatic rings. The first-order valence-electron chi connectivity index (χ1n) is 6.09. The van der Waals surface area contributed by atoms with E-state index in [9.17, 15) is 4.79 Å². The number of nitrogens with one attached hydrogen (secondary N) is 1. The third kappa shape index (κ3) is 3.43. The molecule has 0 aliphatic carbocycles. The molecule has 2 atom stereocenters. The Morgan fingerprint density at radius 3 is 2.94 bits per heavy atom. The lowest BCUT2D eigenvalue weighted by atomic mass is 10.0. The van der Waals surface area contributed by atoms with Crippen molar-refractivity contribution in [1.82, 2.24) is 10.3 Å². The molecule has 2 unspecified atom stereocenters. The number of rotatable bonds is 5. The molecule has 0 spiro atoms. The van der Waals surface area contributed by atoms with Crippen LogP contribution in [0.4, 0.5) is 0 Å². The first-order chi connectivity index (χ1) is 7.72. The molecule has 5 heteroatoms. The number of carbonyl (C=O) groups is 1. The van der Waals surface area contributed by atoms with Gasteiger partial charge in [0.2, 0.25) is 0 Å². The lowest BCUT2D eigenvalue weighted by Crippen LogP contribution is -2.53. The van der Waals surface area contributed by atoms with Crippen LogP contribution in [-0.2, 0) is 9.53 Å². The van der Waals surface area contributed by atoms with Gasteiger partial charge >= 0.3 is 0 Å². The van der Waals surface area contributed by atoms with Crippen molar-refractivity contribution >= 4 is 5.91 Å². The Balaban J connectivity index is 2.53.